The van der Waals surface area contributed by atoms with Crippen molar-refractivity contribution in [2.45, 2.75) is 39.2 Å². The number of aliphatic hydroxyl groups excluding tert-OH is 1. The summed E-state index contributed by atoms with van der Waals surface area (Å²) in [6.45, 7) is 4.40. The van der Waals surface area contributed by atoms with Crippen molar-refractivity contribution in [3.05, 3.63) is 95.1 Å². The van der Waals surface area contributed by atoms with Crippen LogP contribution in [0.25, 0.3) is 11.1 Å². The Kier molecular flexibility index (Phi) is 10.3. The Hall–Kier alpha value is -3.69. The van der Waals surface area contributed by atoms with Gasteiger partial charge in [-0.15, -0.1) is 0 Å². The van der Waals surface area contributed by atoms with E-state index in [0.29, 0.717) is 29.9 Å². The van der Waals surface area contributed by atoms with E-state index >= 15 is 0 Å². The quantitative estimate of drug-likeness (QED) is 0.294. The van der Waals surface area contributed by atoms with E-state index < -0.39 is 28.1 Å². The highest BCUT2D eigenvalue weighted by atomic mass is 32.2. The number of aryl methyl sites for hydroxylation is 1. The second-order valence-corrected chi connectivity index (χ2v) is 11.9. The number of hydrogen-bond acceptors (Lipinski definition) is 5. The number of carbonyl (C=O) groups excluding carboxylic acids is 1. The maximum absolute atomic E-state index is 12.6. The second kappa shape index (κ2) is 13.4. The molecule has 0 bridgehead atoms. The largest absolute Gasteiger partial charge is 0.465 e. The van der Waals surface area contributed by atoms with E-state index in [2.05, 4.69) is 18.6 Å². The van der Waals surface area contributed by atoms with Crippen LogP contribution in [0.15, 0.2) is 72.8 Å². The van der Waals surface area contributed by atoms with E-state index in [4.69, 9.17) is 0 Å². The molecule has 3 N–H and O–H groups in total. The summed E-state index contributed by atoms with van der Waals surface area (Å²) in [5.74, 6) is -0.226. The minimum absolute atomic E-state index is 0.0180. The molecular formula is C30H36N2O6S. The Morgan fingerprint density at radius 1 is 0.923 bits per heavy atom. The number of hydrogen-bond donors (Lipinski definition) is 3. The van der Waals surface area contributed by atoms with Gasteiger partial charge in [-0.05, 0) is 59.1 Å². The Balaban J connectivity index is 1.72. The molecule has 3 aromatic carbocycles. The first-order valence-corrected chi connectivity index (χ1v) is 14.8. The molecule has 0 heterocycles. The topological polar surface area (TPSA) is 124 Å². The number of aliphatic hydroxyl groups is 1. The van der Waals surface area contributed by atoms with Crippen molar-refractivity contribution in [3.63, 3.8) is 0 Å². The summed E-state index contributed by atoms with van der Waals surface area (Å²) in [5, 5.41) is 20.1. The van der Waals surface area contributed by atoms with Crippen molar-refractivity contribution in [3.8, 4) is 11.1 Å². The second-order valence-electron chi connectivity index (χ2n) is 10.1. The summed E-state index contributed by atoms with van der Waals surface area (Å²) in [6, 6.07) is 22.1. The van der Waals surface area contributed by atoms with Crippen LogP contribution in [0.3, 0.4) is 0 Å². The predicted octanol–water partition coefficient (Wildman–Crippen LogP) is 4.89. The Bertz CT molecular complexity index is 1370. The minimum atomic E-state index is -3.68. The third-order valence-corrected chi connectivity index (χ3v) is 6.98. The van der Waals surface area contributed by atoms with E-state index in [1.807, 2.05) is 36.4 Å². The Labute approximate surface area is 230 Å². The fourth-order valence-corrected chi connectivity index (χ4v) is 4.70. The lowest BCUT2D eigenvalue weighted by Crippen LogP contribution is -2.35. The molecule has 3 rings (SSSR count). The molecule has 208 valence electrons. The van der Waals surface area contributed by atoms with Gasteiger partial charge in [-0.25, -0.2) is 17.9 Å². The lowest BCUT2D eigenvalue weighted by Gasteiger charge is -2.22. The van der Waals surface area contributed by atoms with E-state index in [0.717, 1.165) is 34.9 Å². The van der Waals surface area contributed by atoms with Gasteiger partial charge in [0.1, 0.15) is 0 Å². The normalized spacial score (nSPS) is 12.2. The molecule has 0 saturated carbocycles. The molecule has 0 aliphatic carbocycles. The molecule has 3 aromatic rings. The number of carboxylic acid groups (broad SMARTS) is 1. The zero-order valence-corrected chi connectivity index (χ0v) is 23.3. The van der Waals surface area contributed by atoms with Crippen LogP contribution >= 0.6 is 0 Å². The fourth-order valence-electron chi connectivity index (χ4n) is 4.25. The number of sulfonamides is 1. The van der Waals surface area contributed by atoms with Crippen molar-refractivity contribution in [2.75, 3.05) is 19.3 Å². The van der Waals surface area contributed by atoms with Crippen LogP contribution in [0.1, 0.15) is 53.4 Å². The molecule has 0 aromatic heterocycles. The average Bonchev–Trinajstić information content (AvgIpc) is 2.89. The van der Waals surface area contributed by atoms with Crippen molar-refractivity contribution >= 4 is 22.0 Å². The van der Waals surface area contributed by atoms with Crippen LogP contribution in [-0.4, -0.2) is 54.9 Å². The van der Waals surface area contributed by atoms with Gasteiger partial charge in [0.2, 0.25) is 10.0 Å². The maximum atomic E-state index is 12.6. The number of amides is 2. The molecule has 0 spiro atoms. The van der Waals surface area contributed by atoms with Gasteiger partial charge >= 0.3 is 6.09 Å². The van der Waals surface area contributed by atoms with Gasteiger partial charge in [0, 0.05) is 12.1 Å². The van der Waals surface area contributed by atoms with Gasteiger partial charge < -0.3 is 15.1 Å². The van der Waals surface area contributed by atoms with Crippen LogP contribution in [0.2, 0.25) is 0 Å². The monoisotopic (exact) mass is 552 g/mol. The Morgan fingerprint density at radius 3 is 2.15 bits per heavy atom. The lowest BCUT2D eigenvalue weighted by atomic mass is 9.93. The standard InChI is InChI=1S/C30H36N2O6S/c1-21(2)9-12-26-19-25(15-16-27(26)29(34)31-39(3,37)38)23-13-10-22(11-14-23)17-18-32(30(35)36)20-28(33)24-7-5-4-6-8-24/h4-8,10-11,13-16,19,21,28,33H,9,12,17-18,20H2,1-3H3,(H,31,34)(H,35,36)/t28-/m0/s1. The van der Waals surface area contributed by atoms with E-state index in [9.17, 15) is 28.2 Å². The van der Waals surface area contributed by atoms with E-state index in [1.165, 1.54) is 4.90 Å². The maximum Gasteiger partial charge on any atom is 0.407 e. The first kappa shape index (κ1) is 29.9. The highest BCUT2D eigenvalue weighted by molar-refractivity contribution is 7.89. The third-order valence-electron chi connectivity index (χ3n) is 6.42. The average molecular weight is 553 g/mol. The van der Waals surface area contributed by atoms with Gasteiger partial charge in [-0.2, -0.15) is 0 Å². The number of rotatable bonds is 12. The minimum Gasteiger partial charge on any atom is -0.465 e. The van der Waals surface area contributed by atoms with Crippen molar-refractivity contribution in [1.29, 1.82) is 0 Å². The molecule has 39 heavy (non-hydrogen) atoms. The number of benzene rings is 3. The first-order valence-electron chi connectivity index (χ1n) is 12.9. The van der Waals surface area contributed by atoms with E-state index in [-0.39, 0.29) is 13.1 Å². The molecule has 9 heteroatoms. The fraction of sp³-hybridized carbons (Fsp3) is 0.333. The molecule has 8 nitrogen and oxygen atoms in total. The number of nitrogens with one attached hydrogen (secondary N) is 1. The summed E-state index contributed by atoms with van der Waals surface area (Å²) < 4.78 is 25.2. The van der Waals surface area contributed by atoms with Gasteiger partial charge in [0.05, 0.1) is 18.9 Å². The van der Waals surface area contributed by atoms with Crippen LogP contribution in [0.4, 0.5) is 4.79 Å². The van der Waals surface area contributed by atoms with Gasteiger partial charge in [0.15, 0.2) is 0 Å². The van der Waals surface area contributed by atoms with Crippen LogP contribution in [0, 0.1) is 5.92 Å². The number of nitrogens with zero attached hydrogens (tertiary/aromatic N) is 1. The summed E-state index contributed by atoms with van der Waals surface area (Å²) in [5.41, 5.74) is 4.56. The highest BCUT2D eigenvalue weighted by Gasteiger charge is 2.19. The highest BCUT2D eigenvalue weighted by Crippen LogP contribution is 2.25. The summed E-state index contributed by atoms with van der Waals surface area (Å²) in [7, 11) is -3.68. The summed E-state index contributed by atoms with van der Waals surface area (Å²) in [6.07, 6.45) is 0.928. The van der Waals surface area contributed by atoms with Crippen LogP contribution in [0.5, 0.6) is 0 Å². The molecule has 0 saturated heterocycles. The molecule has 2 amide bonds. The zero-order valence-electron chi connectivity index (χ0n) is 22.5. The zero-order chi connectivity index (χ0) is 28.6. The molecule has 1 atom stereocenters. The molecule has 0 aliphatic heterocycles. The summed E-state index contributed by atoms with van der Waals surface area (Å²) in [4.78, 5) is 25.6. The Morgan fingerprint density at radius 2 is 1.56 bits per heavy atom. The first-order chi connectivity index (χ1) is 18.4. The summed E-state index contributed by atoms with van der Waals surface area (Å²) >= 11 is 0. The smallest absolute Gasteiger partial charge is 0.407 e. The van der Waals surface area contributed by atoms with Gasteiger partial charge in [-0.1, -0.05) is 80.6 Å². The van der Waals surface area contributed by atoms with Crippen LogP contribution < -0.4 is 4.72 Å². The predicted molar refractivity (Wildman–Crippen MR) is 152 cm³/mol. The van der Waals surface area contributed by atoms with Crippen molar-refractivity contribution in [2.24, 2.45) is 5.92 Å². The lowest BCUT2D eigenvalue weighted by molar-refractivity contribution is 0.0971. The molecule has 0 unspecified atom stereocenters. The molecule has 0 aliphatic rings. The van der Waals surface area contributed by atoms with Gasteiger partial charge in [-0.3, -0.25) is 4.79 Å². The molecule has 0 fully saturated rings. The van der Waals surface area contributed by atoms with E-state index in [1.54, 1.807) is 36.4 Å². The third kappa shape index (κ3) is 9.23. The number of carbonyl (C=O) groups is 2. The van der Waals surface area contributed by atoms with Crippen LogP contribution in [-0.2, 0) is 22.9 Å². The van der Waals surface area contributed by atoms with Gasteiger partial charge in [0.25, 0.3) is 5.91 Å². The molecule has 0 radical (unpaired) electrons. The SMILES string of the molecule is CC(C)CCc1cc(-c2ccc(CCN(C[C@H](O)c3ccccc3)C(=O)O)cc2)ccc1C(=O)NS(C)(=O)=O. The molecular weight excluding hydrogens is 516 g/mol. The van der Waals surface area contributed by atoms with Crippen molar-refractivity contribution in [1.82, 2.24) is 9.62 Å². The van der Waals surface area contributed by atoms with Crippen molar-refractivity contribution < 1.29 is 28.2 Å².